The highest BCUT2D eigenvalue weighted by molar-refractivity contribution is 7.09. The van der Waals surface area contributed by atoms with Gasteiger partial charge in [0.05, 0.1) is 12.2 Å². The molecule has 2 aromatic rings. The van der Waals surface area contributed by atoms with Gasteiger partial charge in [0.2, 0.25) is 0 Å². The van der Waals surface area contributed by atoms with Crippen molar-refractivity contribution in [2.75, 3.05) is 0 Å². The van der Waals surface area contributed by atoms with Crippen molar-refractivity contribution in [3.05, 3.63) is 49.3 Å². The largest absolute Gasteiger partial charge is 0.307 e. The van der Waals surface area contributed by atoms with Gasteiger partial charge in [0, 0.05) is 10.6 Å². The molecule has 0 amide bonds. The molecule has 0 aliphatic rings. The molecule has 0 spiro atoms. The minimum atomic E-state index is 0.0526. The van der Waals surface area contributed by atoms with Crippen molar-refractivity contribution in [2.24, 2.45) is 0 Å². The van der Waals surface area contributed by atoms with E-state index in [2.05, 4.69) is 4.98 Å². The first-order valence-electron chi connectivity index (χ1n) is 4.86. The lowest BCUT2D eigenvalue weighted by atomic mass is 10.3. The summed E-state index contributed by atoms with van der Waals surface area (Å²) in [6.45, 7) is 4.37. The number of aryl methyl sites for hydroxylation is 1. The summed E-state index contributed by atoms with van der Waals surface area (Å²) in [6.07, 6.45) is 0. The molecule has 2 rings (SSSR count). The van der Waals surface area contributed by atoms with Crippen molar-refractivity contribution in [3.8, 4) is 0 Å². The third kappa shape index (κ3) is 2.18. The quantitative estimate of drug-likeness (QED) is 0.773. The number of halogens is 1. The highest BCUT2D eigenvalue weighted by Gasteiger charge is 2.08. The van der Waals surface area contributed by atoms with Crippen LogP contribution >= 0.6 is 22.9 Å². The molecule has 0 bridgehead atoms. The van der Waals surface area contributed by atoms with Crippen LogP contribution in [0.15, 0.2) is 23.0 Å². The van der Waals surface area contributed by atoms with Crippen LogP contribution in [0.4, 0.5) is 0 Å². The number of pyridine rings is 1. The molecule has 16 heavy (non-hydrogen) atoms. The smallest absolute Gasteiger partial charge is 0.297 e. The maximum Gasteiger partial charge on any atom is 0.307 e. The van der Waals surface area contributed by atoms with Gasteiger partial charge in [0.15, 0.2) is 0 Å². The van der Waals surface area contributed by atoms with E-state index in [1.165, 1.54) is 11.3 Å². The molecule has 0 saturated carbocycles. The molecule has 0 radical (unpaired) electrons. The molecule has 0 fully saturated rings. The van der Waals surface area contributed by atoms with E-state index in [0.717, 1.165) is 16.3 Å². The lowest BCUT2D eigenvalue weighted by molar-refractivity contribution is 0.732. The second-order valence-electron chi connectivity index (χ2n) is 3.55. The SMILES string of the molecule is Cc1sc(=O)n(Cc2cccc(Cl)n2)c1C. The van der Waals surface area contributed by atoms with Crippen LogP contribution < -0.4 is 4.87 Å². The molecule has 0 N–H and O–H groups in total. The van der Waals surface area contributed by atoms with Gasteiger partial charge in [-0.3, -0.25) is 9.36 Å². The van der Waals surface area contributed by atoms with E-state index in [-0.39, 0.29) is 4.87 Å². The second kappa shape index (κ2) is 4.39. The monoisotopic (exact) mass is 254 g/mol. The van der Waals surface area contributed by atoms with Gasteiger partial charge >= 0.3 is 4.87 Å². The standard InChI is InChI=1S/C11H11ClN2OS/c1-7-8(2)16-11(15)14(7)6-9-4-3-5-10(12)13-9/h3-5H,6H2,1-2H3. The first-order valence-corrected chi connectivity index (χ1v) is 6.05. The van der Waals surface area contributed by atoms with Crippen LogP contribution in [0.2, 0.25) is 5.15 Å². The van der Waals surface area contributed by atoms with Gasteiger partial charge in [-0.15, -0.1) is 0 Å². The molecule has 0 atom stereocenters. The molecule has 0 saturated heterocycles. The molecule has 0 unspecified atom stereocenters. The Hall–Kier alpha value is -1.13. The maximum absolute atomic E-state index is 11.7. The number of thiazole rings is 1. The van der Waals surface area contributed by atoms with Gasteiger partial charge in [-0.25, -0.2) is 4.98 Å². The Bertz CT molecular complexity index is 574. The summed E-state index contributed by atoms with van der Waals surface area (Å²) in [4.78, 5) is 16.9. The molecular weight excluding hydrogens is 244 g/mol. The van der Waals surface area contributed by atoms with Crippen LogP contribution in [0.1, 0.15) is 16.3 Å². The summed E-state index contributed by atoms with van der Waals surface area (Å²) >= 11 is 7.07. The Morgan fingerprint density at radius 3 is 2.75 bits per heavy atom. The third-order valence-electron chi connectivity index (χ3n) is 2.47. The summed E-state index contributed by atoms with van der Waals surface area (Å²) in [5.41, 5.74) is 1.80. The molecular formula is C11H11ClN2OS. The summed E-state index contributed by atoms with van der Waals surface area (Å²) in [7, 11) is 0. The molecule has 3 nitrogen and oxygen atoms in total. The summed E-state index contributed by atoms with van der Waals surface area (Å²) in [5.74, 6) is 0. The van der Waals surface area contributed by atoms with Crippen molar-refractivity contribution < 1.29 is 0 Å². The van der Waals surface area contributed by atoms with Gasteiger partial charge in [-0.2, -0.15) is 0 Å². The van der Waals surface area contributed by atoms with Gasteiger partial charge < -0.3 is 0 Å². The van der Waals surface area contributed by atoms with Crippen molar-refractivity contribution in [2.45, 2.75) is 20.4 Å². The zero-order valence-corrected chi connectivity index (χ0v) is 10.6. The lowest BCUT2D eigenvalue weighted by Crippen LogP contribution is -2.16. The predicted molar refractivity (Wildman–Crippen MR) is 66.4 cm³/mol. The summed E-state index contributed by atoms with van der Waals surface area (Å²) in [5, 5.41) is 0.454. The second-order valence-corrected chi connectivity index (χ2v) is 5.10. The fourth-order valence-electron chi connectivity index (χ4n) is 1.47. The van der Waals surface area contributed by atoms with Crippen LogP contribution in [0, 0.1) is 13.8 Å². The van der Waals surface area contributed by atoms with Crippen LogP contribution in [0.5, 0.6) is 0 Å². The topological polar surface area (TPSA) is 34.9 Å². The van der Waals surface area contributed by atoms with Gasteiger partial charge in [0.25, 0.3) is 0 Å². The predicted octanol–water partition coefficient (Wildman–Crippen LogP) is 2.62. The van der Waals surface area contributed by atoms with Crippen LogP contribution in [0.25, 0.3) is 0 Å². The highest BCUT2D eigenvalue weighted by atomic mass is 35.5. The molecule has 84 valence electrons. The fourth-order valence-corrected chi connectivity index (χ4v) is 2.48. The maximum atomic E-state index is 11.7. The average Bonchev–Trinajstić information content (AvgIpc) is 2.45. The normalized spacial score (nSPS) is 10.7. The van der Waals surface area contributed by atoms with Crippen LogP contribution in [0.3, 0.4) is 0 Å². The van der Waals surface area contributed by atoms with E-state index < -0.39 is 0 Å². The third-order valence-corrected chi connectivity index (χ3v) is 3.68. The Balaban J connectivity index is 2.38. The van der Waals surface area contributed by atoms with E-state index in [1.807, 2.05) is 26.0 Å². The van der Waals surface area contributed by atoms with E-state index >= 15 is 0 Å². The molecule has 0 aromatic carbocycles. The molecule has 0 aliphatic heterocycles. The van der Waals surface area contributed by atoms with Crippen LogP contribution in [-0.4, -0.2) is 9.55 Å². The van der Waals surface area contributed by atoms with Crippen molar-refractivity contribution >= 4 is 22.9 Å². The van der Waals surface area contributed by atoms with Crippen molar-refractivity contribution in [1.82, 2.24) is 9.55 Å². The van der Waals surface area contributed by atoms with Crippen molar-refractivity contribution in [1.29, 1.82) is 0 Å². The number of nitrogens with zero attached hydrogens (tertiary/aromatic N) is 2. The van der Waals surface area contributed by atoms with Crippen molar-refractivity contribution in [3.63, 3.8) is 0 Å². The molecule has 0 aliphatic carbocycles. The number of rotatable bonds is 2. The Morgan fingerprint density at radius 1 is 1.44 bits per heavy atom. The minimum Gasteiger partial charge on any atom is -0.297 e. The molecule has 2 heterocycles. The fraction of sp³-hybridized carbons (Fsp3) is 0.273. The van der Waals surface area contributed by atoms with Gasteiger partial charge in [0.1, 0.15) is 5.15 Å². The number of hydrogen-bond acceptors (Lipinski definition) is 3. The number of hydrogen-bond donors (Lipinski definition) is 0. The van der Waals surface area contributed by atoms with E-state index in [0.29, 0.717) is 11.7 Å². The van der Waals surface area contributed by atoms with E-state index in [9.17, 15) is 4.79 Å². The van der Waals surface area contributed by atoms with E-state index in [4.69, 9.17) is 11.6 Å². The van der Waals surface area contributed by atoms with Gasteiger partial charge in [-0.05, 0) is 26.0 Å². The minimum absolute atomic E-state index is 0.0526. The van der Waals surface area contributed by atoms with Gasteiger partial charge in [-0.1, -0.05) is 29.0 Å². The Morgan fingerprint density at radius 2 is 2.19 bits per heavy atom. The Labute approximate surface area is 102 Å². The number of aromatic nitrogens is 2. The molecule has 5 heteroatoms. The first kappa shape index (κ1) is 11.4. The highest BCUT2D eigenvalue weighted by Crippen LogP contribution is 2.12. The summed E-state index contributed by atoms with van der Waals surface area (Å²) < 4.78 is 1.72. The zero-order valence-electron chi connectivity index (χ0n) is 9.03. The molecule has 2 aromatic heterocycles. The zero-order chi connectivity index (χ0) is 11.7. The van der Waals surface area contributed by atoms with Crippen LogP contribution in [-0.2, 0) is 6.54 Å². The first-order chi connectivity index (χ1) is 7.58. The average molecular weight is 255 g/mol. The Kier molecular flexibility index (Phi) is 3.12. The summed E-state index contributed by atoms with van der Waals surface area (Å²) in [6, 6.07) is 5.43. The van der Waals surface area contributed by atoms with E-state index in [1.54, 1.807) is 10.6 Å². The lowest BCUT2D eigenvalue weighted by Gasteiger charge is -2.04.